The van der Waals surface area contributed by atoms with E-state index in [9.17, 15) is 19.8 Å². The molecular weight excluding hydrogens is 402 g/mol. The quantitative estimate of drug-likeness (QED) is 0.566. The molecule has 0 aromatic rings. The maximum atomic E-state index is 12.4. The minimum absolute atomic E-state index is 0.000157. The van der Waals surface area contributed by atoms with Gasteiger partial charge >= 0.3 is 0 Å². The summed E-state index contributed by atoms with van der Waals surface area (Å²) in [6, 6.07) is -0.201. The summed E-state index contributed by atoms with van der Waals surface area (Å²) in [5, 5.41) is 23.1. The maximum Gasteiger partial charge on any atom is 0.244 e. The number of carbonyl (C=O) groups is 2. The lowest BCUT2D eigenvalue weighted by Crippen LogP contribution is -2.31. The van der Waals surface area contributed by atoms with Crippen LogP contribution in [0.4, 0.5) is 0 Å². The number of nitrogens with one attached hydrogen (secondary N) is 1. The van der Waals surface area contributed by atoms with E-state index in [2.05, 4.69) is 18.3 Å². The SMILES string of the molecule is CCCC=CCC1C=CCC(=O)C(C)=CC/C=C\C(O)C(O)C=C(C)C=CC=CC(=O)N1. The monoisotopic (exact) mass is 439 g/mol. The van der Waals surface area contributed by atoms with E-state index in [-0.39, 0.29) is 24.2 Å². The Kier molecular flexibility index (Phi) is 13.6. The van der Waals surface area contributed by atoms with Crippen LogP contribution < -0.4 is 5.32 Å². The maximum absolute atomic E-state index is 12.4. The first kappa shape index (κ1) is 27.3. The second-order valence-corrected chi connectivity index (χ2v) is 7.83. The molecule has 1 heterocycles. The molecule has 0 bridgehead atoms. The molecule has 0 spiro atoms. The molecule has 5 heteroatoms. The number of aliphatic hydroxyl groups excluding tert-OH is 2. The van der Waals surface area contributed by atoms with Crippen LogP contribution in [0.15, 0.2) is 84.1 Å². The fourth-order valence-corrected chi connectivity index (χ4v) is 2.91. The van der Waals surface area contributed by atoms with E-state index in [4.69, 9.17) is 0 Å². The van der Waals surface area contributed by atoms with E-state index in [0.29, 0.717) is 18.4 Å². The molecule has 1 amide bonds. The van der Waals surface area contributed by atoms with Gasteiger partial charge in [0.05, 0.1) is 6.04 Å². The van der Waals surface area contributed by atoms with Crippen LogP contribution in [0.25, 0.3) is 0 Å². The third-order valence-corrected chi connectivity index (χ3v) is 4.85. The number of hydrogen-bond acceptors (Lipinski definition) is 4. The molecule has 3 atom stereocenters. The van der Waals surface area contributed by atoms with Gasteiger partial charge < -0.3 is 15.5 Å². The largest absolute Gasteiger partial charge is 0.386 e. The molecule has 1 aliphatic heterocycles. The van der Waals surface area contributed by atoms with Crippen LogP contribution in [0.1, 0.15) is 52.9 Å². The van der Waals surface area contributed by atoms with Crippen molar-refractivity contribution >= 4 is 11.7 Å². The molecular formula is C27H37NO4. The third-order valence-electron chi connectivity index (χ3n) is 4.85. The molecule has 0 aromatic heterocycles. The van der Waals surface area contributed by atoms with Crippen molar-refractivity contribution in [2.24, 2.45) is 0 Å². The first-order valence-corrected chi connectivity index (χ1v) is 11.2. The van der Waals surface area contributed by atoms with Crippen molar-refractivity contribution in [1.82, 2.24) is 5.32 Å². The summed E-state index contributed by atoms with van der Waals surface area (Å²) in [6.07, 6.45) is 22.3. The molecule has 0 saturated heterocycles. The van der Waals surface area contributed by atoms with Gasteiger partial charge in [-0.3, -0.25) is 9.59 Å². The first-order valence-electron chi connectivity index (χ1n) is 11.2. The van der Waals surface area contributed by atoms with Crippen molar-refractivity contribution in [2.45, 2.75) is 71.1 Å². The second kappa shape index (κ2) is 16.0. The molecule has 0 saturated carbocycles. The number of amides is 1. The average Bonchev–Trinajstić information content (AvgIpc) is 2.75. The molecule has 0 aliphatic carbocycles. The summed E-state index contributed by atoms with van der Waals surface area (Å²) in [7, 11) is 0. The molecule has 1 rings (SSSR count). The summed E-state index contributed by atoms with van der Waals surface area (Å²) in [4.78, 5) is 24.6. The molecule has 32 heavy (non-hydrogen) atoms. The fraction of sp³-hybridized carbons (Fsp3) is 0.407. The normalized spacial score (nSPS) is 25.3. The van der Waals surface area contributed by atoms with Gasteiger partial charge in [-0.15, -0.1) is 0 Å². The Hall–Kier alpha value is -2.76. The van der Waals surface area contributed by atoms with E-state index in [1.54, 1.807) is 56.4 Å². The first-order chi connectivity index (χ1) is 15.3. The molecule has 174 valence electrons. The van der Waals surface area contributed by atoms with E-state index >= 15 is 0 Å². The zero-order valence-electron chi connectivity index (χ0n) is 19.4. The zero-order chi connectivity index (χ0) is 23.8. The highest BCUT2D eigenvalue weighted by atomic mass is 16.3. The van der Waals surface area contributed by atoms with Gasteiger partial charge in [0.1, 0.15) is 12.2 Å². The Labute approximate surface area is 192 Å². The number of ketones is 1. The van der Waals surface area contributed by atoms with E-state index in [1.165, 1.54) is 12.2 Å². The lowest BCUT2D eigenvalue weighted by atomic mass is 10.1. The van der Waals surface area contributed by atoms with E-state index in [0.717, 1.165) is 18.4 Å². The van der Waals surface area contributed by atoms with Gasteiger partial charge in [-0.2, -0.15) is 0 Å². The van der Waals surface area contributed by atoms with Gasteiger partial charge in [0.15, 0.2) is 5.78 Å². The Balaban J connectivity index is 3.04. The van der Waals surface area contributed by atoms with Gasteiger partial charge in [0.25, 0.3) is 0 Å². The van der Waals surface area contributed by atoms with E-state index in [1.807, 2.05) is 12.2 Å². The predicted octanol–water partition coefficient (Wildman–Crippen LogP) is 4.42. The highest BCUT2D eigenvalue weighted by Crippen LogP contribution is 2.07. The van der Waals surface area contributed by atoms with Crippen LogP contribution in [-0.4, -0.2) is 40.2 Å². The standard InChI is InChI=1S/C27H37NO4/c1-4-5-6-7-15-23-16-12-18-24(29)22(3)14-9-10-17-25(30)26(31)20-21(2)13-8-11-19-27(32)28-23/h6-8,10-14,16-17,19-20,23,25-26,30-31H,4-5,9,15,18H2,1-3H3,(H,28,32)/b7-6?,13-8?,16-12?,17-10-,19-11?,21-20?,22-14?. The molecule has 0 aromatic carbocycles. The number of aliphatic hydroxyl groups is 2. The number of carbonyl (C=O) groups excluding carboxylic acids is 2. The van der Waals surface area contributed by atoms with E-state index < -0.39 is 12.2 Å². The summed E-state index contributed by atoms with van der Waals surface area (Å²) >= 11 is 0. The number of hydrogen-bond donors (Lipinski definition) is 3. The zero-order valence-corrected chi connectivity index (χ0v) is 19.4. The van der Waals surface area contributed by atoms with Crippen molar-refractivity contribution in [1.29, 1.82) is 0 Å². The van der Waals surface area contributed by atoms with Crippen LogP contribution in [0.2, 0.25) is 0 Å². The Morgan fingerprint density at radius 1 is 1.03 bits per heavy atom. The number of Topliss-reactive ketones (excluding diaryl/α,β-unsaturated/α-hetero) is 1. The Morgan fingerprint density at radius 2 is 1.78 bits per heavy atom. The molecule has 5 nitrogen and oxygen atoms in total. The Morgan fingerprint density at radius 3 is 2.53 bits per heavy atom. The number of rotatable bonds is 4. The van der Waals surface area contributed by atoms with Crippen LogP contribution in [-0.2, 0) is 9.59 Å². The van der Waals surface area contributed by atoms with Crippen LogP contribution in [0.5, 0.6) is 0 Å². The highest BCUT2D eigenvalue weighted by Gasteiger charge is 2.10. The molecule has 3 N–H and O–H groups in total. The molecule has 3 unspecified atom stereocenters. The molecule has 0 radical (unpaired) electrons. The van der Waals surface area contributed by atoms with Crippen molar-refractivity contribution in [3.05, 3.63) is 84.1 Å². The minimum Gasteiger partial charge on any atom is -0.386 e. The minimum atomic E-state index is -1.05. The Bertz CT molecular complexity index is 812. The van der Waals surface area contributed by atoms with Gasteiger partial charge in [0.2, 0.25) is 5.91 Å². The average molecular weight is 440 g/mol. The second-order valence-electron chi connectivity index (χ2n) is 7.83. The van der Waals surface area contributed by atoms with Gasteiger partial charge in [-0.1, -0.05) is 85.8 Å². The van der Waals surface area contributed by atoms with Crippen molar-refractivity contribution in [3.8, 4) is 0 Å². The smallest absolute Gasteiger partial charge is 0.244 e. The van der Waals surface area contributed by atoms with Crippen LogP contribution >= 0.6 is 0 Å². The lowest BCUT2D eigenvalue weighted by molar-refractivity contribution is -0.117. The number of unbranched alkanes of at least 4 members (excludes halogenated alkanes) is 1. The summed E-state index contributed by atoms with van der Waals surface area (Å²) in [5.41, 5.74) is 1.39. The van der Waals surface area contributed by atoms with Crippen molar-refractivity contribution in [3.63, 3.8) is 0 Å². The topological polar surface area (TPSA) is 86.6 Å². The van der Waals surface area contributed by atoms with Crippen molar-refractivity contribution in [2.75, 3.05) is 0 Å². The fourth-order valence-electron chi connectivity index (χ4n) is 2.91. The summed E-state index contributed by atoms with van der Waals surface area (Å²) < 4.78 is 0. The van der Waals surface area contributed by atoms with Gasteiger partial charge in [-0.25, -0.2) is 0 Å². The van der Waals surface area contributed by atoms with Crippen molar-refractivity contribution < 1.29 is 19.8 Å². The van der Waals surface area contributed by atoms with Gasteiger partial charge in [-0.05, 0) is 38.7 Å². The summed E-state index contributed by atoms with van der Waals surface area (Å²) in [6.45, 7) is 5.68. The third kappa shape index (κ3) is 12.2. The van der Waals surface area contributed by atoms with Crippen LogP contribution in [0.3, 0.4) is 0 Å². The highest BCUT2D eigenvalue weighted by molar-refractivity contribution is 5.95. The lowest BCUT2D eigenvalue weighted by Gasteiger charge is -2.12. The van der Waals surface area contributed by atoms with Gasteiger partial charge in [0, 0.05) is 12.5 Å². The summed E-state index contributed by atoms with van der Waals surface area (Å²) in [5.74, 6) is -0.230. The molecule has 0 fully saturated rings. The van der Waals surface area contributed by atoms with Crippen LogP contribution in [0, 0.1) is 0 Å². The molecule has 1 aliphatic rings. The predicted molar refractivity (Wildman–Crippen MR) is 131 cm³/mol. The number of allylic oxidation sites excluding steroid dienone is 9.